The Morgan fingerprint density at radius 1 is 1.08 bits per heavy atom. The number of carbonyl (C=O) groups is 2. The number of hydrogen-bond acceptors (Lipinski definition) is 3. The molecule has 2 unspecified atom stereocenters. The second-order valence-electron chi connectivity index (χ2n) is 8.25. The summed E-state index contributed by atoms with van der Waals surface area (Å²) in [6, 6.07) is 0.0758. The van der Waals surface area contributed by atoms with Crippen LogP contribution in [0.1, 0.15) is 59.8 Å². The van der Waals surface area contributed by atoms with Gasteiger partial charge in [0.2, 0.25) is 5.91 Å². The molecule has 138 valence electrons. The van der Waals surface area contributed by atoms with Crippen LogP contribution in [0.3, 0.4) is 0 Å². The molecule has 1 saturated carbocycles. The standard InChI is InChI=1S/C19H34N2O3/c1-13(2)12-24-19(23)20-17-6-5-16(11-17)18(22)21-9-7-15(8-10-21)14(3)4/h13-17H,5-12H2,1-4H3,(H,20,23). The van der Waals surface area contributed by atoms with Crippen molar-refractivity contribution >= 4 is 12.0 Å². The summed E-state index contributed by atoms with van der Waals surface area (Å²) in [6.45, 7) is 10.8. The fraction of sp³-hybridized carbons (Fsp3) is 0.895. The van der Waals surface area contributed by atoms with E-state index in [2.05, 4.69) is 19.2 Å². The first-order chi connectivity index (χ1) is 11.4. The van der Waals surface area contributed by atoms with Crippen molar-refractivity contribution in [2.24, 2.45) is 23.7 Å². The van der Waals surface area contributed by atoms with Crippen molar-refractivity contribution in [2.45, 2.75) is 65.8 Å². The number of nitrogens with zero attached hydrogens (tertiary/aromatic N) is 1. The molecule has 2 amide bonds. The van der Waals surface area contributed by atoms with Crippen LogP contribution < -0.4 is 5.32 Å². The number of likely N-dealkylation sites (tertiary alicyclic amines) is 1. The van der Waals surface area contributed by atoms with Gasteiger partial charge in [0, 0.05) is 25.0 Å². The summed E-state index contributed by atoms with van der Waals surface area (Å²) in [6.07, 6.45) is 4.39. The Morgan fingerprint density at radius 2 is 1.75 bits per heavy atom. The Hall–Kier alpha value is -1.26. The molecule has 1 aliphatic heterocycles. The van der Waals surface area contributed by atoms with E-state index >= 15 is 0 Å². The van der Waals surface area contributed by atoms with Crippen molar-refractivity contribution in [1.29, 1.82) is 0 Å². The summed E-state index contributed by atoms with van der Waals surface area (Å²) in [5, 5.41) is 2.91. The minimum atomic E-state index is -0.348. The van der Waals surface area contributed by atoms with Crippen molar-refractivity contribution < 1.29 is 14.3 Å². The maximum atomic E-state index is 12.7. The number of nitrogens with one attached hydrogen (secondary N) is 1. The second kappa shape index (κ2) is 8.72. The normalized spacial score (nSPS) is 25.3. The molecule has 1 saturated heterocycles. The minimum Gasteiger partial charge on any atom is -0.449 e. The highest BCUT2D eigenvalue weighted by molar-refractivity contribution is 5.79. The summed E-state index contributed by atoms with van der Waals surface area (Å²) in [7, 11) is 0. The van der Waals surface area contributed by atoms with Crippen LogP contribution in [0.5, 0.6) is 0 Å². The molecule has 0 bridgehead atoms. The summed E-state index contributed by atoms with van der Waals surface area (Å²) in [4.78, 5) is 26.5. The van der Waals surface area contributed by atoms with E-state index in [0.717, 1.165) is 51.1 Å². The van der Waals surface area contributed by atoms with Crippen LogP contribution in [0, 0.1) is 23.7 Å². The molecule has 24 heavy (non-hydrogen) atoms. The third-order valence-electron chi connectivity index (χ3n) is 5.45. The van der Waals surface area contributed by atoms with E-state index in [-0.39, 0.29) is 24.0 Å². The molecule has 5 nitrogen and oxygen atoms in total. The van der Waals surface area contributed by atoms with Crippen molar-refractivity contribution in [1.82, 2.24) is 10.2 Å². The van der Waals surface area contributed by atoms with Crippen molar-refractivity contribution in [3.8, 4) is 0 Å². The quantitative estimate of drug-likeness (QED) is 0.835. The highest BCUT2D eigenvalue weighted by atomic mass is 16.5. The second-order valence-corrected chi connectivity index (χ2v) is 8.25. The van der Waals surface area contributed by atoms with E-state index < -0.39 is 0 Å². The molecule has 2 rings (SSSR count). The smallest absolute Gasteiger partial charge is 0.407 e. The van der Waals surface area contributed by atoms with Gasteiger partial charge in [-0.1, -0.05) is 27.7 Å². The molecule has 2 fully saturated rings. The van der Waals surface area contributed by atoms with Gasteiger partial charge in [0.15, 0.2) is 0 Å². The lowest BCUT2D eigenvalue weighted by atomic mass is 9.86. The van der Waals surface area contributed by atoms with Crippen molar-refractivity contribution in [3.05, 3.63) is 0 Å². The summed E-state index contributed by atoms with van der Waals surface area (Å²) in [5.41, 5.74) is 0. The number of carbonyl (C=O) groups excluding carboxylic acids is 2. The van der Waals surface area contributed by atoms with Gasteiger partial charge in [-0.15, -0.1) is 0 Å². The molecule has 0 aromatic carbocycles. The predicted molar refractivity (Wildman–Crippen MR) is 94.6 cm³/mol. The lowest BCUT2D eigenvalue weighted by Gasteiger charge is -2.35. The molecule has 0 aromatic rings. The van der Waals surface area contributed by atoms with Gasteiger partial charge in [0.25, 0.3) is 0 Å². The number of piperidine rings is 1. The van der Waals surface area contributed by atoms with Crippen LogP contribution in [-0.2, 0) is 9.53 Å². The monoisotopic (exact) mass is 338 g/mol. The molecule has 0 spiro atoms. The van der Waals surface area contributed by atoms with Gasteiger partial charge < -0.3 is 15.0 Å². The van der Waals surface area contributed by atoms with Crippen molar-refractivity contribution in [3.63, 3.8) is 0 Å². The first-order valence-electron chi connectivity index (χ1n) is 9.58. The molecular weight excluding hydrogens is 304 g/mol. The first-order valence-corrected chi connectivity index (χ1v) is 9.58. The Bertz CT molecular complexity index is 428. The van der Waals surface area contributed by atoms with Crippen LogP contribution in [0.25, 0.3) is 0 Å². The first kappa shape index (κ1) is 19.1. The van der Waals surface area contributed by atoms with E-state index in [1.807, 2.05) is 18.7 Å². The molecular formula is C19H34N2O3. The van der Waals surface area contributed by atoms with Gasteiger partial charge >= 0.3 is 6.09 Å². The zero-order valence-electron chi connectivity index (χ0n) is 15.7. The maximum absolute atomic E-state index is 12.7. The van der Waals surface area contributed by atoms with Gasteiger partial charge in [0.1, 0.15) is 0 Å². The van der Waals surface area contributed by atoms with Crippen LogP contribution in [0.15, 0.2) is 0 Å². The van der Waals surface area contributed by atoms with Gasteiger partial charge in [0.05, 0.1) is 6.61 Å². The summed E-state index contributed by atoms with van der Waals surface area (Å²) < 4.78 is 5.17. The number of ether oxygens (including phenoxy) is 1. The van der Waals surface area contributed by atoms with E-state index in [1.165, 1.54) is 0 Å². The molecule has 0 aromatic heterocycles. The number of rotatable bonds is 5. The third-order valence-corrected chi connectivity index (χ3v) is 5.45. The molecule has 2 aliphatic rings. The fourth-order valence-corrected chi connectivity index (χ4v) is 3.83. The number of amides is 2. The molecule has 5 heteroatoms. The van der Waals surface area contributed by atoms with Crippen LogP contribution in [0.2, 0.25) is 0 Å². The summed E-state index contributed by atoms with van der Waals surface area (Å²) in [5.74, 6) is 2.15. The minimum absolute atomic E-state index is 0.0657. The SMILES string of the molecule is CC(C)COC(=O)NC1CCC(C(=O)N2CCC(C(C)C)CC2)C1. The Labute approximate surface area is 146 Å². The van der Waals surface area contributed by atoms with Gasteiger partial charge in [-0.2, -0.15) is 0 Å². The molecule has 1 aliphatic carbocycles. The zero-order chi connectivity index (χ0) is 17.7. The van der Waals surface area contributed by atoms with Crippen LogP contribution >= 0.6 is 0 Å². The van der Waals surface area contributed by atoms with Crippen molar-refractivity contribution in [2.75, 3.05) is 19.7 Å². The molecule has 1 heterocycles. The van der Waals surface area contributed by atoms with Gasteiger partial charge in [-0.05, 0) is 49.9 Å². The number of alkyl carbamates (subject to hydrolysis) is 1. The zero-order valence-corrected chi connectivity index (χ0v) is 15.7. The Kier molecular flexibility index (Phi) is 6.93. The lowest BCUT2D eigenvalue weighted by molar-refractivity contribution is -0.137. The molecule has 0 radical (unpaired) electrons. The fourth-order valence-electron chi connectivity index (χ4n) is 3.83. The molecule has 2 atom stereocenters. The summed E-state index contributed by atoms with van der Waals surface area (Å²) >= 11 is 0. The average Bonchev–Trinajstić information content (AvgIpc) is 3.00. The topological polar surface area (TPSA) is 58.6 Å². The van der Waals surface area contributed by atoms with Gasteiger partial charge in [-0.25, -0.2) is 4.79 Å². The van der Waals surface area contributed by atoms with Crippen LogP contribution in [0.4, 0.5) is 4.79 Å². The van der Waals surface area contributed by atoms with Gasteiger partial charge in [-0.3, -0.25) is 4.79 Å². The van der Waals surface area contributed by atoms with E-state index in [0.29, 0.717) is 18.4 Å². The highest BCUT2D eigenvalue weighted by Gasteiger charge is 2.35. The lowest BCUT2D eigenvalue weighted by Crippen LogP contribution is -2.42. The Morgan fingerprint density at radius 3 is 2.33 bits per heavy atom. The van der Waals surface area contributed by atoms with E-state index in [4.69, 9.17) is 4.74 Å². The third kappa shape index (κ3) is 5.38. The van der Waals surface area contributed by atoms with E-state index in [1.54, 1.807) is 0 Å². The largest absolute Gasteiger partial charge is 0.449 e. The average molecular weight is 338 g/mol. The Balaban J connectivity index is 1.73. The predicted octanol–water partition coefficient (Wildman–Crippen LogP) is 3.43. The van der Waals surface area contributed by atoms with Crippen LogP contribution in [-0.4, -0.2) is 42.6 Å². The highest BCUT2D eigenvalue weighted by Crippen LogP contribution is 2.30. The molecule has 1 N–H and O–H groups in total. The maximum Gasteiger partial charge on any atom is 0.407 e. The van der Waals surface area contributed by atoms with E-state index in [9.17, 15) is 9.59 Å². The number of hydrogen-bond donors (Lipinski definition) is 1.